The average Bonchev–Trinajstić information content (AvgIpc) is 3.20. The van der Waals surface area contributed by atoms with E-state index in [1.54, 1.807) is 41.2 Å². The van der Waals surface area contributed by atoms with Gasteiger partial charge in [0.15, 0.2) is 0 Å². The Hall–Kier alpha value is -3.87. The molecular formula is C26H26FN3O3. The van der Waals surface area contributed by atoms with E-state index in [0.717, 1.165) is 16.8 Å². The Morgan fingerprint density at radius 3 is 2.27 bits per heavy atom. The van der Waals surface area contributed by atoms with Crippen molar-refractivity contribution in [2.75, 3.05) is 18.6 Å². The maximum absolute atomic E-state index is 13.3. The number of nitrogens with zero attached hydrogens (tertiary/aromatic N) is 2. The van der Waals surface area contributed by atoms with Crippen LogP contribution in [-0.2, 0) is 17.9 Å². The first kappa shape index (κ1) is 22.3. The summed E-state index contributed by atoms with van der Waals surface area (Å²) in [6.45, 7) is 1.11. The molecular weight excluding hydrogens is 421 g/mol. The van der Waals surface area contributed by atoms with Crippen LogP contribution in [0.15, 0.2) is 78.9 Å². The van der Waals surface area contributed by atoms with Gasteiger partial charge in [-0.2, -0.15) is 0 Å². The molecule has 1 fully saturated rings. The average molecular weight is 448 g/mol. The molecule has 6 nitrogen and oxygen atoms in total. The number of nitrogens with one attached hydrogen (secondary N) is 1. The third-order valence-corrected chi connectivity index (χ3v) is 5.63. The summed E-state index contributed by atoms with van der Waals surface area (Å²) >= 11 is 0. The number of hydrogen-bond acceptors (Lipinski definition) is 3. The largest absolute Gasteiger partial charge is 0.497 e. The Morgan fingerprint density at radius 2 is 1.64 bits per heavy atom. The molecule has 0 bridgehead atoms. The number of anilines is 1. The van der Waals surface area contributed by atoms with Crippen LogP contribution in [0, 0.1) is 5.82 Å². The van der Waals surface area contributed by atoms with E-state index < -0.39 is 0 Å². The normalized spacial score (nSPS) is 15.4. The minimum Gasteiger partial charge on any atom is -0.497 e. The second kappa shape index (κ2) is 10.2. The van der Waals surface area contributed by atoms with Crippen molar-refractivity contribution in [3.8, 4) is 5.75 Å². The molecule has 4 rings (SSSR count). The molecule has 1 saturated heterocycles. The lowest BCUT2D eigenvalue weighted by molar-refractivity contribution is -0.117. The van der Waals surface area contributed by atoms with Crippen LogP contribution in [0.5, 0.6) is 5.75 Å². The predicted molar refractivity (Wildman–Crippen MR) is 124 cm³/mol. The van der Waals surface area contributed by atoms with Crippen LogP contribution in [0.2, 0.25) is 0 Å². The van der Waals surface area contributed by atoms with Crippen molar-refractivity contribution in [2.45, 2.75) is 25.6 Å². The smallest absolute Gasteiger partial charge is 0.318 e. The number of ether oxygens (including phenoxy) is 1. The third kappa shape index (κ3) is 5.68. The van der Waals surface area contributed by atoms with Crippen LogP contribution in [-0.4, -0.2) is 36.5 Å². The van der Waals surface area contributed by atoms with Gasteiger partial charge in [0, 0.05) is 31.7 Å². The maximum atomic E-state index is 13.3. The van der Waals surface area contributed by atoms with E-state index in [-0.39, 0.29) is 30.2 Å². The van der Waals surface area contributed by atoms with Gasteiger partial charge in [-0.25, -0.2) is 9.18 Å². The molecule has 0 aliphatic carbocycles. The van der Waals surface area contributed by atoms with E-state index in [2.05, 4.69) is 5.32 Å². The number of methoxy groups -OCH3 is 1. The minimum atomic E-state index is -0.319. The summed E-state index contributed by atoms with van der Waals surface area (Å²) in [4.78, 5) is 29.1. The molecule has 1 aliphatic rings. The van der Waals surface area contributed by atoms with Crippen LogP contribution >= 0.6 is 0 Å². The summed E-state index contributed by atoms with van der Waals surface area (Å²) in [5, 5.41) is 3.01. The van der Waals surface area contributed by atoms with E-state index in [0.29, 0.717) is 25.4 Å². The van der Waals surface area contributed by atoms with Gasteiger partial charge < -0.3 is 19.9 Å². The summed E-state index contributed by atoms with van der Waals surface area (Å²) in [6.07, 6.45) is 0.230. The molecule has 1 aliphatic heterocycles. The lowest BCUT2D eigenvalue weighted by Crippen LogP contribution is -2.45. The molecule has 0 radical (unpaired) electrons. The second-order valence-corrected chi connectivity index (χ2v) is 8.02. The number of rotatable bonds is 7. The van der Waals surface area contributed by atoms with Gasteiger partial charge in [0.05, 0.1) is 13.2 Å². The fourth-order valence-corrected chi connectivity index (χ4v) is 3.90. The first-order valence-electron chi connectivity index (χ1n) is 10.8. The van der Waals surface area contributed by atoms with E-state index >= 15 is 0 Å². The van der Waals surface area contributed by atoms with E-state index in [1.807, 2.05) is 42.5 Å². The fraction of sp³-hybridized carbons (Fsp3) is 0.231. The van der Waals surface area contributed by atoms with Gasteiger partial charge in [0.25, 0.3) is 0 Å². The van der Waals surface area contributed by atoms with Gasteiger partial charge in [-0.3, -0.25) is 4.79 Å². The zero-order valence-electron chi connectivity index (χ0n) is 18.4. The first-order chi connectivity index (χ1) is 16.0. The first-order valence-corrected chi connectivity index (χ1v) is 10.8. The predicted octanol–water partition coefficient (Wildman–Crippen LogP) is 4.35. The van der Waals surface area contributed by atoms with Gasteiger partial charge >= 0.3 is 6.03 Å². The SMILES string of the molecule is COc1ccc(N2CC(NC(=O)N(Cc3ccccc3)Cc3ccc(F)cc3)CC2=O)cc1. The van der Waals surface area contributed by atoms with Gasteiger partial charge in [-0.1, -0.05) is 42.5 Å². The van der Waals surface area contributed by atoms with E-state index in [1.165, 1.54) is 12.1 Å². The van der Waals surface area contributed by atoms with Crippen molar-refractivity contribution in [3.63, 3.8) is 0 Å². The zero-order valence-corrected chi connectivity index (χ0v) is 18.4. The number of urea groups is 1. The molecule has 1 N–H and O–H groups in total. The highest BCUT2D eigenvalue weighted by atomic mass is 19.1. The second-order valence-electron chi connectivity index (χ2n) is 8.02. The van der Waals surface area contributed by atoms with Gasteiger partial charge in [-0.15, -0.1) is 0 Å². The summed E-state index contributed by atoms with van der Waals surface area (Å²) in [6, 6.07) is 22.5. The monoisotopic (exact) mass is 447 g/mol. The Bertz CT molecular complexity index is 1090. The molecule has 3 amide bonds. The molecule has 0 spiro atoms. The van der Waals surface area contributed by atoms with Crippen LogP contribution in [0.25, 0.3) is 0 Å². The number of carbonyl (C=O) groups is 2. The summed E-state index contributed by atoms with van der Waals surface area (Å²) < 4.78 is 18.5. The molecule has 3 aromatic rings. The summed E-state index contributed by atoms with van der Waals surface area (Å²) in [5.74, 6) is 0.354. The van der Waals surface area contributed by atoms with Gasteiger partial charge in [0.1, 0.15) is 11.6 Å². The quantitative estimate of drug-likeness (QED) is 0.586. The number of amides is 3. The Kier molecular flexibility index (Phi) is 6.88. The standard InChI is InChI=1S/C26H26FN3O3/c1-33-24-13-11-23(12-14-24)30-18-22(15-25(30)31)28-26(32)29(16-19-5-3-2-4-6-19)17-20-7-9-21(27)10-8-20/h2-14,22H,15-18H2,1H3,(H,28,32). The highest BCUT2D eigenvalue weighted by Gasteiger charge is 2.32. The van der Waals surface area contributed by atoms with Crippen molar-refractivity contribution in [1.82, 2.24) is 10.2 Å². The molecule has 0 aromatic heterocycles. The Balaban J connectivity index is 1.45. The molecule has 33 heavy (non-hydrogen) atoms. The van der Waals surface area contributed by atoms with Crippen molar-refractivity contribution in [1.29, 1.82) is 0 Å². The van der Waals surface area contributed by atoms with Crippen LogP contribution in [0.4, 0.5) is 14.9 Å². The highest BCUT2D eigenvalue weighted by molar-refractivity contribution is 5.96. The molecule has 1 heterocycles. The Labute approximate surface area is 192 Å². The van der Waals surface area contributed by atoms with Crippen molar-refractivity contribution in [2.24, 2.45) is 0 Å². The van der Waals surface area contributed by atoms with Gasteiger partial charge in [-0.05, 0) is 47.5 Å². The van der Waals surface area contributed by atoms with Crippen LogP contribution in [0.3, 0.4) is 0 Å². The topological polar surface area (TPSA) is 61.9 Å². The van der Waals surface area contributed by atoms with E-state index in [9.17, 15) is 14.0 Å². The fourth-order valence-electron chi connectivity index (χ4n) is 3.90. The lowest BCUT2D eigenvalue weighted by Gasteiger charge is -2.25. The van der Waals surface area contributed by atoms with Crippen LogP contribution < -0.4 is 15.0 Å². The molecule has 170 valence electrons. The lowest BCUT2D eigenvalue weighted by atomic mass is 10.1. The molecule has 3 aromatic carbocycles. The third-order valence-electron chi connectivity index (χ3n) is 5.63. The molecule has 7 heteroatoms. The highest BCUT2D eigenvalue weighted by Crippen LogP contribution is 2.24. The number of halogens is 1. The maximum Gasteiger partial charge on any atom is 0.318 e. The summed E-state index contributed by atoms with van der Waals surface area (Å²) in [7, 11) is 1.59. The zero-order chi connectivity index (χ0) is 23.2. The van der Waals surface area contributed by atoms with Crippen molar-refractivity contribution < 1.29 is 18.7 Å². The number of carbonyl (C=O) groups excluding carboxylic acids is 2. The minimum absolute atomic E-state index is 0.0430. The van der Waals surface area contributed by atoms with E-state index in [4.69, 9.17) is 4.74 Å². The summed E-state index contributed by atoms with van der Waals surface area (Å²) in [5.41, 5.74) is 2.58. The number of hydrogen-bond donors (Lipinski definition) is 1. The molecule has 0 saturated carbocycles. The molecule has 1 atom stereocenters. The molecule has 1 unspecified atom stereocenters. The van der Waals surface area contributed by atoms with Crippen LogP contribution in [0.1, 0.15) is 17.5 Å². The Morgan fingerprint density at radius 1 is 1.00 bits per heavy atom. The number of benzene rings is 3. The van der Waals surface area contributed by atoms with Crippen molar-refractivity contribution in [3.05, 3.63) is 95.8 Å². The van der Waals surface area contributed by atoms with Gasteiger partial charge in [0.2, 0.25) is 5.91 Å². The van der Waals surface area contributed by atoms with Crippen molar-refractivity contribution >= 4 is 17.6 Å².